The molecule has 0 unspecified atom stereocenters. The summed E-state index contributed by atoms with van der Waals surface area (Å²) in [6.07, 6.45) is 2.13. The number of benzene rings is 1. The summed E-state index contributed by atoms with van der Waals surface area (Å²) in [5.74, 6) is -0.157. The van der Waals surface area contributed by atoms with Crippen LogP contribution < -0.4 is 16.6 Å². The second-order valence-corrected chi connectivity index (χ2v) is 8.14. The molecule has 0 radical (unpaired) electrons. The maximum Gasteiger partial charge on any atom is 0.332 e. The number of carbonyl (C=O) groups excluding carboxylic acids is 2. The van der Waals surface area contributed by atoms with Gasteiger partial charge in [-0.1, -0.05) is 30.3 Å². The number of hydrogen-bond acceptors (Lipinski definition) is 4. The number of nitrogens with one attached hydrogen (secondary N) is 1. The van der Waals surface area contributed by atoms with E-state index in [-0.39, 0.29) is 11.8 Å². The van der Waals surface area contributed by atoms with Crippen molar-refractivity contribution in [2.24, 2.45) is 14.1 Å². The maximum atomic E-state index is 13.1. The number of nitrogens with zero attached hydrogens (tertiary/aromatic N) is 4. The molecule has 1 saturated heterocycles. The van der Waals surface area contributed by atoms with Gasteiger partial charge in [0.2, 0.25) is 5.91 Å². The molecule has 0 spiro atoms. The summed E-state index contributed by atoms with van der Waals surface area (Å²) < 4.78 is 4.16. The first-order chi connectivity index (χ1) is 15.4. The van der Waals surface area contributed by atoms with Crippen molar-refractivity contribution in [3.63, 3.8) is 0 Å². The number of likely N-dealkylation sites (tertiary alicyclic amines) is 1. The molecular formula is C23H27N5O4. The molecule has 3 aromatic rings. The second kappa shape index (κ2) is 8.86. The summed E-state index contributed by atoms with van der Waals surface area (Å²) in [6.45, 7) is 2.14. The van der Waals surface area contributed by atoms with Gasteiger partial charge in [-0.05, 0) is 24.5 Å². The van der Waals surface area contributed by atoms with Crippen LogP contribution >= 0.6 is 0 Å². The highest BCUT2D eigenvalue weighted by Gasteiger charge is 2.22. The van der Waals surface area contributed by atoms with Crippen molar-refractivity contribution < 1.29 is 9.59 Å². The summed E-state index contributed by atoms with van der Waals surface area (Å²) in [5.41, 5.74) is 0.794. The Hall–Kier alpha value is -3.62. The summed E-state index contributed by atoms with van der Waals surface area (Å²) in [7, 11) is 3.03. The molecule has 3 heterocycles. The predicted octanol–water partition coefficient (Wildman–Crippen LogP) is 0.829. The van der Waals surface area contributed by atoms with Crippen LogP contribution in [0.25, 0.3) is 11.0 Å². The number of aromatic nitrogens is 3. The molecule has 32 heavy (non-hydrogen) atoms. The highest BCUT2D eigenvalue weighted by Crippen LogP contribution is 2.18. The smallest absolute Gasteiger partial charge is 0.332 e. The summed E-state index contributed by atoms with van der Waals surface area (Å²) in [4.78, 5) is 51.9. The van der Waals surface area contributed by atoms with Crippen LogP contribution in [0.2, 0.25) is 0 Å². The zero-order valence-electron chi connectivity index (χ0n) is 18.3. The van der Waals surface area contributed by atoms with Gasteiger partial charge in [0.15, 0.2) is 0 Å². The zero-order chi connectivity index (χ0) is 22.8. The summed E-state index contributed by atoms with van der Waals surface area (Å²) >= 11 is 0. The fourth-order valence-electron chi connectivity index (χ4n) is 4.26. The fourth-order valence-corrected chi connectivity index (χ4v) is 4.26. The van der Waals surface area contributed by atoms with Gasteiger partial charge >= 0.3 is 5.69 Å². The van der Waals surface area contributed by atoms with E-state index in [1.807, 2.05) is 35.2 Å². The van der Waals surface area contributed by atoms with E-state index in [4.69, 9.17) is 0 Å². The lowest BCUT2D eigenvalue weighted by atomic mass is 10.2. The van der Waals surface area contributed by atoms with Crippen molar-refractivity contribution in [3.8, 4) is 0 Å². The van der Waals surface area contributed by atoms with Crippen LogP contribution in [0, 0.1) is 0 Å². The van der Waals surface area contributed by atoms with E-state index in [2.05, 4.69) is 5.32 Å². The minimum absolute atomic E-state index is 0.163. The standard InChI is InChI=1S/C23H27N5O4/c1-25-21-17(22(31)26(2)23(25)32)14-18(28(21)15-16-8-4-3-5-9-16)20(30)24-11-7-13-27-12-6-10-19(27)29/h3-5,8-9,14H,6-7,10-13,15H2,1-2H3,(H,24,30). The molecule has 1 aliphatic heterocycles. The number of fused-ring (bicyclic) bond motifs is 1. The molecule has 9 nitrogen and oxygen atoms in total. The number of amides is 2. The van der Waals surface area contributed by atoms with E-state index in [1.165, 1.54) is 11.6 Å². The van der Waals surface area contributed by atoms with Gasteiger partial charge in [0.25, 0.3) is 11.5 Å². The highest BCUT2D eigenvalue weighted by molar-refractivity contribution is 5.98. The van der Waals surface area contributed by atoms with Crippen LogP contribution in [0.3, 0.4) is 0 Å². The topological polar surface area (TPSA) is 98.3 Å². The summed E-state index contributed by atoms with van der Waals surface area (Å²) in [6, 6.07) is 11.1. The Balaban J connectivity index is 1.64. The molecule has 0 atom stereocenters. The first-order valence-electron chi connectivity index (χ1n) is 10.8. The maximum absolute atomic E-state index is 13.1. The number of hydrogen-bond donors (Lipinski definition) is 1. The van der Waals surface area contributed by atoms with Crippen molar-refractivity contribution in [3.05, 3.63) is 68.5 Å². The molecule has 1 aromatic carbocycles. The largest absolute Gasteiger partial charge is 0.351 e. The first kappa shape index (κ1) is 21.6. The number of rotatable bonds is 7. The third-order valence-corrected chi connectivity index (χ3v) is 5.97. The Kier molecular flexibility index (Phi) is 5.98. The van der Waals surface area contributed by atoms with Gasteiger partial charge in [-0.2, -0.15) is 0 Å². The normalized spacial score (nSPS) is 13.8. The van der Waals surface area contributed by atoms with Gasteiger partial charge in [-0.15, -0.1) is 0 Å². The third kappa shape index (κ3) is 3.98. The molecule has 2 aromatic heterocycles. The molecule has 168 valence electrons. The van der Waals surface area contributed by atoms with Gasteiger partial charge in [-0.3, -0.25) is 23.5 Å². The average Bonchev–Trinajstić information content (AvgIpc) is 3.38. The van der Waals surface area contributed by atoms with Crippen LogP contribution in [0.1, 0.15) is 35.3 Å². The quantitative estimate of drug-likeness (QED) is 0.554. The molecule has 1 fully saturated rings. The third-order valence-electron chi connectivity index (χ3n) is 5.97. The van der Waals surface area contributed by atoms with Gasteiger partial charge in [-0.25, -0.2) is 4.79 Å². The molecule has 1 N–H and O–H groups in total. The number of aryl methyl sites for hydroxylation is 1. The van der Waals surface area contributed by atoms with Crippen molar-refractivity contribution in [1.29, 1.82) is 0 Å². The van der Waals surface area contributed by atoms with Gasteiger partial charge in [0.1, 0.15) is 11.3 Å². The van der Waals surface area contributed by atoms with Crippen LogP contribution in [0.5, 0.6) is 0 Å². The minimum atomic E-state index is -0.447. The molecule has 1 aliphatic rings. The Bertz CT molecular complexity index is 1290. The second-order valence-electron chi connectivity index (χ2n) is 8.14. The van der Waals surface area contributed by atoms with E-state index in [0.717, 1.165) is 23.1 Å². The van der Waals surface area contributed by atoms with E-state index >= 15 is 0 Å². The Morgan fingerprint density at radius 1 is 1.06 bits per heavy atom. The van der Waals surface area contributed by atoms with Gasteiger partial charge < -0.3 is 14.8 Å². The Morgan fingerprint density at radius 2 is 1.81 bits per heavy atom. The molecule has 9 heteroatoms. The van der Waals surface area contributed by atoms with Crippen molar-refractivity contribution in [1.82, 2.24) is 23.9 Å². The van der Waals surface area contributed by atoms with Crippen molar-refractivity contribution in [2.75, 3.05) is 19.6 Å². The Morgan fingerprint density at radius 3 is 2.50 bits per heavy atom. The lowest BCUT2D eigenvalue weighted by molar-refractivity contribution is -0.127. The van der Waals surface area contributed by atoms with Gasteiger partial charge in [0, 0.05) is 46.7 Å². The predicted molar refractivity (Wildman–Crippen MR) is 121 cm³/mol. The van der Waals surface area contributed by atoms with Crippen molar-refractivity contribution >= 4 is 22.8 Å². The molecule has 0 bridgehead atoms. The zero-order valence-corrected chi connectivity index (χ0v) is 18.3. The Labute approximate surface area is 184 Å². The highest BCUT2D eigenvalue weighted by atomic mass is 16.2. The van der Waals surface area contributed by atoms with Crippen LogP contribution in [0.15, 0.2) is 46.0 Å². The van der Waals surface area contributed by atoms with Gasteiger partial charge in [0.05, 0.1) is 5.39 Å². The van der Waals surface area contributed by atoms with Crippen LogP contribution in [-0.4, -0.2) is 50.0 Å². The lowest BCUT2D eigenvalue weighted by Gasteiger charge is -2.16. The SMILES string of the molecule is Cn1c(=O)c2cc(C(=O)NCCCN3CCCC3=O)n(Cc3ccccc3)c2n(C)c1=O. The fraction of sp³-hybridized carbons (Fsp3) is 0.391. The van der Waals surface area contributed by atoms with E-state index in [9.17, 15) is 19.2 Å². The molecular weight excluding hydrogens is 410 g/mol. The molecule has 0 saturated carbocycles. The van der Waals surface area contributed by atoms with E-state index < -0.39 is 11.2 Å². The molecule has 0 aliphatic carbocycles. The van der Waals surface area contributed by atoms with Crippen LogP contribution in [-0.2, 0) is 25.4 Å². The number of carbonyl (C=O) groups is 2. The monoisotopic (exact) mass is 437 g/mol. The average molecular weight is 438 g/mol. The van der Waals surface area contributed by atoms with E-state index in [0.29, 0.717) is 49.2 Å². The first-order valence-corrected chi connectivity index (χ1v) is 10.8. The van der Waals surface area contributed by atoms with Crippen molar-refractivity contribution in [2.45, 2.75) is 25.8 Å². The molecule has 2 amide bonds. The lowest BCUT2D eigenvalue weighted by Crippen LogP contribution is -2.37. The van der Waals surface area contributed by atoms with E-state index in [1.54, 1.807) is 17.7 Å². The minimum Gasteiger partial charge on any atom is -0.351 e. The van der Waals surface area contributed by atoms with Crippen LogP contribution in [0.4, 0.5) is 0 Å². The molecule has 4 rings (SSSR count). The summed E-state index contributed by atoms with van der Waals surface area (Å²) in [5, 5.41) is 3.22.